The van der Waals surface area contributed by atoms with Crippen molar-refractivity contribution in [3.63, 3.8) is 0 Å². The Hall–Kier alpha value is -1.67. The zero-order chi connectivity index (χ0) is 43.6. The maximum atomic E-state index is 12.8. The molecule has 0 bridgehead atoms. The molecule has 0 amide bonds. The lowest BCUT2D eigenvalue weighted by Gasteiger charge is -2.41. The smallest absolute Gasteiger partial charge is 0.462 e. The lowest BCUT2D eigenvalue weighted by atomic mass is 9.85. The third kappa shape index (κ3) is 28.5. The van der Waals surface area contributed by atoms with Gasteiger partial charge in [0.2, 0.25) is 0 Å². The Morgan fingerprint density at radius 2 is 0.932 bits per heavy atom. The van der Waals surface area contributed by atoms with E-state index in [2.05, 4.69) is 38.2 Å². The van der Waals surface area contributed by atoms with E-state index in [0.717, 1.165) is 64.2 Å². The molecule has 6 N–H and O–H groups in total. The Kier molecular flexibility index (Phi) is 33.7. The number of hydrogen-bond acceptors (Lipinski definition) is 12. The van der Waals surface area contributed by atoms with Crippen molar-refractivity contribution in [3.8, 4) is 0 Å². The van der Waals surface area contributed by atoms with E-state index >= 15 is 0 Å². The fraction of sp³-hybridized carbons (Fsp3) is 0.867. The number of carbonyl (C=O) groups is 2. The number of unbranched alkanes of at least 4 members (excludes halogenated alkanes) is 22. The molecule has 1 aliphatic carbocycles. The molecular weight excluding hydrogens is 779 g/mol. The second-order valence-corrected chi connectivity index (χ2v) is 17.7. The average Bonchev–Trinajstić information content (AvgIpc) is 3.21. The topological polar surface area (TPSA) is 210 Å². The van der Waals surface area contributed by atoms with Crippen LogP contribution in [-0.4, -0.2) is 98.3 Å². The van der Waals surface area contributed by atoms with E-state index in [1.54, 1.807) is 0 Å². The van der Waals surface area contributed by atoms with E-state index in [4.69, 9.17) is 18.5 Å². The zero-order valence-corrected chi connectivity index (χ0v) is 37.4. The highest BCUT2D eigenvalue weighted by atomic mass is 31.2. The molecule has 0 spiro atoms. The molecule has 0 saturated heterocycles. The van der Waals surface area contributed by atoms with Gasteiger partial charge in [-0.2, -0.15) is 0 Å². The molecule has 346 valence electrons. The third-order valence-corrected chi connectivity index (χ3v) is 11.8. The molecule has 0 heterocycles. The van der Waals surface area contributed by atoms with Crippen LogP contribution >= 0.6 is 7.82 Å². The fourth-order valence-electron chi connectivity index (χ4n) is 7.01. The first kappa shape index (κ1) is 55.3. The van der Waals surface area contributed by atoms with Gasteiger partial charge in [0.25, 0.3) is 0 Å². The van der Waals surface area contributed by atoms with Gasteiger partial charge in [0.1, 0.15) is 43.2 Å². The Morgan fingerprint density at radius 3 is 1.42 bits per heavy atom. The van der Waals surface area contributed by atoms with Crippen LogP contribution in [0.25, 0.3) is 0 Å². The standard InChI is InChI=1S/C45H83O13P/c1-3-5-7-9-11-13-15-17-19-20-22-23-25-27-29-31-33-38(46)55-35-37(36-56-59(53,54)58-45-43(51)41(49)40(48)42(50)44(45)52)57-39(47)34-32-30-28-26-24-21-18-16-14-12-10-8-6-4-2/h10,12,16,18,37,40-45,48-52H,3-9,11,13-15,17,19-36H2,1-2H3,(H,53,54)/b12-10-,18-16-/t37-,40?,41-,42?,43?,44?,45?/m1/s1. The van der Waals surface area contributed by atoms with Gasteiger partial charge in [0.15, 0.2) is 6.10 Å². The van der Waals surface area contributed by atoms with Gasteiger partial charge in [0, 0.05) is 12.8 Å². The molecule has 1 fully saturated rings. The SMILES string of the molecule is CCCC/C=C\C/C=C\CCCCCCCC(=O)O[C@H](COC(=O)CCCCCCCCCCCCCCCCCC)COP(=O)(O)OC1C(O)C(O)C(O)[C@@H](O)C1O. The Bertz CT molecular complexity index is 1130. The van der Waals surface area contributed by atoms with Gasteiger partial charge < -0.3 is 39.9 Å². The van der Waals surface area contributed by atoms with E-state index in [1.165, 1.54) is 89.9 Å². The number of hydrogen-bond donors (Lipinski definition) is 6. The maximum absolute atomic E-state index is 12.8. The van der Waals surface area contributed by atoms with Crippen LogP contribution in [0.3, 0.4) is 0 Å². The van der Waals surface area contributed by atoms with Crippen molar-refractivity contribution in [1.82, 2.24) is 0 Å². The van der Waals surface area contributed by atoms with E-state index in [9.17, 15) is 44.6 Å². The fourth-order valence-corrected chi connectivity index (χ4v) is 7.98. The summed E-state index contributed by atoms with van der Waals surface area (Å²) in [5.41, 5.74) is 0. The van der Waals surface area contributed by atoms with Crippen molar-refractivity contribution in [1.29, 1.82) is 0 Å². The number of rotatable bonds is 38. The number of allylic oxidation sites excluding steroid dienone is 4. The van der Waals surface area contributed by atoms with E-state index in [0.29, 0.717) is 12.8 Å². The molecular formula is C45H83O13P. The van der Waals surface area contributed by atoms with Crippen molar-refractivity contribution < 1.29 is 63.1 Å². The first-order valence-electron chi connectivity index (χ1n) is 23.1. The second-order valence-electron chi connectivity index (χ2n) is 16.3. The Balaban J connectivity index is 2.46. The van der Waals surface area contributed by atoms with Crippen molar-refractivity contribution >= 4 is 19.8 Å². The molecule has 59 heavy (non-hydrogen) atoms. The molecule has 13 nitrogen and oxygen atoms in total. The molecule has 0 aliphatic heterocycles. The zero-order valence-electron chi connectivity index (χ0n) is 36.6. The predicted molar refractivity (Wildman–Crippen MR) is 230 cm³/mol. The van der Waals surface area contributed by atoms with Crippen LogP contribution in [0.1, 0.15) is 194 Å². The summed E-state index contributed by atoms with van der Waals surface area (Å²) in [6.45, 7) is 3.25. The van der Waals surface area contributed by atoms with Crippen LogP contribution in [0.4, 0.5) is 0 Å². The van der Waals surface area contributed by atoms with E-state index in [-0.39, 0.29) is 12.8 Å². The summed E-state index contributed by atoms with van der Waals surface area (Å²) in [6.07, 6.45) is 25.2. The lowest BCUT2D eigenvalue weighted by molar-refractivity contribution is -0.220. The highest BCUT2D eigenvalue weighted by Crippen LogP contribution is 2.47. The number of phosphoric ester groups is 1. The maximum Gasteiger partial charge on any atom is 0.472 e. The minimum absolute atomic E-state index is 0.0831. The molecule has 0 aromatic carbocycles. The monoisotopic (exact) mass is 863 g/mol. The summed E-state index contributed by atoms with van der Waals surface area (Å²) in [4.78, 5) is 35.7. The Morgan fingerprint density at radius 1 is 0.525 bits per heavy atom. The molecule has 1 aliphatic rings. The average molecular weight is 863 g/mol. The van der Waals surface area contributed by atoms with Gasteiger partial charge in [-0.05, 0) is 38.5 Å². The van der Waals surface area contributed by atoms with Crippen LogP contribution in [-0.2, 0) is 32.7 Å². The predicted octanol–water partition coefficient (Wildman–Crippen LogP) is 8.84. The number of aliphatic hydroxyl groups excluding tert-OH is 5. The minimum atomic E-state index is -5.12. The molecule has 6 unspecified atom stereocenters. The quantitative estimate of drug-likeness (QED) is 0.0149. The van der Waals surface area contributed by atoms with Crippen LogP contribution < -0.4 is 0 Å². The highest BCUT2D eigenvalue weighted by Gasteiger charge is 2.51. The summed E-state index contributed by atoms with van der Waals surface area (Å²) in [5.74, 6) is -1.11. The van der Waals surface area contributed by atoms with Crippen LogP contribution in [0.2, 0.25) is 0 Å². The summed E-state index contributed by atoms with van der Waals surface area (Å²) in [7, 11) is -5.12. The van der Waals surface area contributed by atoms with Crippen molar-refractivity contribution in [2.24, 2.45) is 0 Å². The number of aliphatic hydroxyl groups is 5. The van der Waals surface area contributed by atoms with Crippen LogP contribution in [0.5, 0.6) is 0 Å². The van der Waals surface area contributed by atoms with Crippen LogP contribution in [0.15, 0.2) is 24.3 Å². The molecule has 0 radical (unpaired) electrons. The van der Waals surface area contributed by atoms with Gasteiger partial charge in [-0.15, -0.1) is 0 Å². The lowest BCUT2D eigenvalue weighted by Crippen LogP contribution is -2.64. The van der Waals surface area contributed by atoms with E-state index in [1.807, 2.05) is 0 Å². The first-order chi connectivity index (χ1) is 28.4. The first-order valence-corrected chi connectivity index (χ1v) is 24.6. The second kappa shape index (κ2) is 35.9. The van der Waals surface area contributed by atoms with E-state index < -0.39 is 75.7 Å². The molecule has 8 atom stereocenters. The number of ether oxygens (including phenoxy) is 2. The number of phosphoric acid groups is 1. The largest absolute Gasteiger partial charge is 0.472 e. The summed E-state index contributed by atoms with van der Waals surface area (Å²) in [5, 5.41) is 50.1. The molecule has 1 rings (SSSR count). The molecule has 14 heteroatoms. The van der Waals surface area contributed by atoms with Gasteiger partial charge in [0.05, 0.1) is 6.61 Å². The normalized spacial score (nSPS) is 22.5. The van der Waals surface area contributed by atoms with Crippen molar-refractivity contribution in [3.05, 3.63) is 24.3 Å². The van der Waals surface area contributed by atoms with Gasteiger partial charge in [-0.3, -0.25) is 18.6 Å². The minimum Gasteiger partial charge on any atom is -0.462 e. The third-order valence-electron chi connectivity index (χ3n) is 10.8. The summed E-state index contributed by atoms with van der Waals surface area (Å²) in [6, 6.07) is 0. The van der Waals surface area contributed by atoms with Crippen molar-refractivity contribution in [2.75, 3.05) is 13.2 Å². The summed E-state index contributed by atoms with van der Waals surface area (Å²) >= 11 is 0. The highest BCUT2D eigenvalue weighted by molar-refractivity contribution is 7.47. The number of esters is 2. The van der Waals surface area contributed by atoms with Gasteiger partial charge >= 0.3 is 19.8 Å². The number of carbonyl (C=O) groups excluding carboxylic acids is 2. The molecule has 1 saturated carbocycles. The molecule has 0 aromatic heterocycles. The molecule has 0 aromatic rings. The van der Waals surface area contributed by atoms with Gasteiger partial charge in [-0.25, -0.2) is 4.57 Å². The summed E-state index contributed by atoms with van der Waals surface area (Å²) < 4.78 is 33.5. The van der Waals surface area contributed by atoms with Crippen LogP contribution in [0, 0.1) is 0 Å². The van der Waals surface area contributed by atoms with Gasteiger partial charge in [-0.1, -0.05) is 167 Å². The Labute approximate surface area is 356 Å². The van der Waals surface area contributed by atoms with Crippen molar-refractivity contribution in [2.45, 2.75) is 236 Å².